The molecule has 0 aliphatic carbocycles. The van der Waals surface area contributed by atoms with Crippen LogP contribution in [0.4, 0.5) is 5.69 Å². The average molecular weight is 263 g/mol. The van der Waals surface area contributed by atoms with Crippen molar-refractivity contribution >= 4 is 17.5 Å². The van der Waals surface area contributed by atoms with Crippen molar-refractivity contribution in [1.82, 2.24) is 5.32 Å². The third kappa shape index (κ3) is 5.52. The predicted molar refractivity (Wildman–Crippen MR) is 76.0 cm³/mol. The first-order valence-electron chi connectivity index (χ1n) is 6.49. The molecular formula is C14H21N3O2. The average Bonchev–Trinajstić information content (AvgIpc) is 2.43. The maximum absolute atomic E-state index is 11.7. The maximum atomic E-state index is 11.7. The van der Waals surface area contributed by atoms with Gasteiger partial charge in [-0.2, -0.15) is 0 Å². The number of hydrogen-bond acceptors (Lipinski definition) is 3. The highest BCUT2D eigenvalue weighted by Gasteiger charge is 2.06. The fourth-order valence-corrected chi connectivity index (χ4v) is 1.71. The minimum Gasteiger partial charge on any atom is -0.355 e. The minimum atomic E-state index is -0.168. The largest absolute Gasteiger partial charge is 0.355 e. The van der Waals surface area contributed by atoms with Gasteiger partial charge in [-0.25, -0.2) is 0 Å². The van der Waals surface area contributed by atoms with Crippen molar-refractivity contribution in [1.29, 1.82) is 0 Å². The molecule has 0 fully saturated rings. The summed E-state index contributed by atoms with van der Waals surface area (Å²) in [6.07, 6.45) is 3.21. The first kappa shape index (κ1) is 15.2. The van der Waals surface area contributed by atoms with Gasteiger partial charge in [0.25, 0.3) is 5.91 Å². The number of amides is 2. The molecule has 0 bridgehead atoms. The molecule has 0 radical (unpaired) electrons. The molecule has 19 heavy (non-hydrogen) atoms. The number of unbranched alkanes of at least 4 members (excludes halogenated alkanes) is 2. The Morgan fingerprint density at radius 3 is 2.68 bits per heavy atom. The summed E-state index contributed by atoms with van der Waals surface area (Å²) in [7, 11) is 1.57. The lowest BCUT2D eigenvalue weighted by atomic mass is 10.1. The molecule has 0 aromatic heterocycles. The molecule has 0 saturated carbocycles. The Labute approximate surface area is 113 Å². The monoisotopic (exact) mass is 263 g/mol. The second-order valence-electron chi connectivity index (χ2n) is 4.31. The Kier molecular flexibility index (Phi) is 6.60. The molecule has 0 unspecified atom stereocenters. The van der Waals surface area contributed by atoms with Crippen molar-refractivity contribution < 1.29 is 9.59 Å². The summed E-state index contributed by atoms with van der Waals surface area (Å²) in [5, 5.41) is 5.33. The number of nitrogens with one attached hydrogen (secondary N) is 2. The summed E-state index contributed by atoms with van der Waals surface area (Å²) in [6.45, 7) is 0.662. The van der Waals surface area contributed by atoms with E-state index in [0.717, 1.165) is 19.3 Å². The Morgan fingerprint density at radius 1 is 1.21 bits per heavy atom. The lowest BCUT2D eigenvalue weighted by Gasteiger charge is -2.07. The lowest BCUT2D eigenvalue weighted by molar-refractivity contribution is -0.116. The third-order valence-corrected chi connectivity index (χ3v) is 2.74. The first-order valence-corrected chi connectivity index (χ1v) is 6.49. The molecule has 104 valence electrons. The van der Waals surface area contributed by atoms with Crippen molar-refractivity contribution in [3.05, 3.63) is 29.8 Å². The summed E-state index contributed by atoms with van der Waals surface area (Å²) < 4.78 is 0. The fourth-order valence-electron chi connectivity index (χ4n) is 1.71. The van der Waals surface area contributed by atoms with E-state index >= 15 is 0 Å². The molecular weight excluding hydrogens is 242 g/mol. The van der Waals surface area contributed by atoms with E-state index in [-0.39, 0.29) is 11.8 Å². The fraction of sp³-hybridized carbons (Fsp3) is 0.429. The quantitative estimate of drug-likeness (QED) is 0.652. The second kappa shape index (κ2) is 8.26. The van der Waals surface area contributed by atoms with Crippen molar-refractivity contribution in [3.63, 3.8) is 0 Å². The number of hydrogen-bond donors (Lipinski definition) is 3. The van der Waals surface area contributed by atoms with E-state index in [1.54, 1.807) is 31.3 Å². The number of carbonyl (C=O) groups is 2. The zero-order chi connectivity index (χ0) is 14.1. The molecule has 1 rings (SSSR count). The number of benzene rings is 1. The molecule has 4 N–H and O–H groups in total. The van der Waals surface area contributed by atoms with Crippen LogP contribution in [0.1, 0.15) is 36.0 Å². The van der Waals surface area contributed by atoms with Gasteiger partial charge in [0.1, 0.15) is 0 Å². The van der Waals surface area contributed by atoms with Crippen molar-refractivity contribution in [2.45, 2.75) is 25.7 Å². The first-order chi connectivity index (χ1) is 9.17. The topological polar surface area (TPSA) is 84.2 Å². The van der Waals surface area contributed by atoms with Crippen LogP contribution in [0.5, 0.6) is 0 Å². The molecule has 0 aliphatic heterocycles. The lowest BCUT2D eigenvalue weighted by Crippen LogP contribution is -2.18. The highest BCUT2D eigenvalue weighted by molar-refractivity contribution is 5.97. The molecule has 0 spiro atoms. The normalized spacial score (nSPS) is 10.0. The van der Waals surface area contributed by atoms with E-state index in [1.807, 2.05) is 0 Å². The van der Waals surface area contributed by atoms with Gasteiger partial charge in [0.05, 0.1) is 0 Å². The highest BCUT2D eigenvalue weighted by atomic mass is 16.2. The zero-order valence-electron chi connectivity index (χ0n) is 11.2. The van der Waals surface area contributed by atoms with E-state index in [4.69, 9.17) is 5.73 Å². The van der Waals surface area contributed by atoms with Crippen LogP contribution >= 0.6 is 0 Å². The third-order valence-electron chi connectivity index (χ3n) is 2.74. The van der Waals surface area contributed by atoms with Crippen molar-refractivity contribution in [3.8, 4) is 0 Å². The van der Waals surface area contributed by atoms with Gasteiger partial charge in [0.15, 0.2) is 0 Å². The Balaban J connectivity index is 2.48. The van der Waals surface area contributed by atoms with Crippen molar-refractivity contribution in [2.24, 2.45) is 5.73 Å². The molecule has 1 aromatic rings. The van der Waals surface area contributed by atoms with Crippen LogP contribution < -0.4 is 16.4 Å². The summed E-state index contributed by atoms with van der Waals surface area (Å²) >= 11 is 0. The van der Waals surface area contributed by atoms with E-state index in [0.29, 0.717) is 24.2 Å². The number of rotatable bonds is 7. The Morgan fingerprint density at radius 2 is 2.00 bits per heavy atom. The van der Waals surface area contributed by atoms with E-state index < -0.39 is 0 Å². The smallest absolute Gasteiger partial charge is 0.251 e. The van der Waals surface area contributed by atoms with Gasteiger partial charge < -0.3 is 16.4 Å². The summed E-state index contributed by atoms with van der Waals surface area (Å²) in [5.41, 5.74) is 6.56. The molecule has 5 heteroatoms. The molecule has 1 aromatic carbocycles. The molecule has 0 aliphatic rings. The number of nitrogens with two attached hydrogens (primary N) is 1. The van der Waals surface area contributed by atoms with Crippen LogP contribution in [0.2, 0.25) is 0 Å². The van der Waals surface area contributed by atoms with Gasteiger partial charge in [-0.1, -0.05) is 12.5 Å². The van der Waals surface area contributed by atoms with Gasteiger partial charge in [-0.3, -0.25) is 9.59 Å². The molecule has 0 saturated heterocycles. The molecule has 2 amide bonds. The van der Waals surface area contributed by atoms with Crippen LogP contribution in [0.3, 0.4) is 0 Å². The molecule has 0 atom stereocenters. The summed E-state index contributed by atoms with van der Waals surface area (Å²) in [5.74, 6) is -0.204. The summed E-state index contributed by atoms with van der Waals surface area (Å²) in [6, 6.07) is 6.88. The number of anilines is 1. The van der Waals surface area contributed by atoms with Crippen LogP contribution in [-0.2, 0) is 4.79 Å². The van der Waals surface area contributed by atoms with E-state index in [1.165, 1.54) is 0 Å². The SMILES string of the molecule is CNC(=O)c1cccc(NC(=O)CCCCCN)c1. The predicted octanol–water partition coefficient (Wildman–Crippen LogP) is 1.50. The summed E-state index contributed by atoms with van der Waals surface area (Å²) in [4.78, 5) is 23.1. The van der Waals surface area contributed by atoms with Gasteiger partial charge in [-0.15, -0.1) is 0 Å². The Hall–Kier alpha value is -1.88. The standard InChI is InChI=1S/C14H21N3O2/c1-16-14(19)11-6-5-7-12(10-11)17-13(18)8-3-2-4-9-15/h5-7,10H,2-4,8-9,15H2,1H3,(H,16,19)(H,17,18). The van der Waals surface area contributed by atoms with Crippen LogP contribution in [0.15, 0.2) is 24.3 Å². The molecule has 0 heterocycles. The Bertz CT molecular complexity index is 432. The van der Waals surface area contributed by atoms with E-state index in [9.17, 15) is 9.59 Å². The second-order valence-corrected chi connectivity index (χ2v) is 4.31. The van der Waals surface area contributed by atoms with Gasteiger partial charge in [-0.05, 0) is 37.6 Å². The van der Waals surface area contributed by atoms with Gasteiger partial charge in [0, 0.05) is 24.7 Å². The minimum absolute atomic E-state index is 0.0360. The van der Waals surface area contributed by atoms with Gasteiger partial charge >= 0.3 is 0 Å². The van der Waals surface area contributed by atoms with Crippen LogP contribution in [0.25, 0.3) is 0 Å². The maximum Gasteiger partial charge on any atom is 0.251 e. The number of carbonyl (C=O) groups excluding carboxylic acids is 2. The van der Waals surface area contributed by atoms with Crippen LogP contribution in [0, 0.1) is 0 Å². The van der Waals surface area contributed by atoms with Crippen LogP contribution in [-0.4, -0.2) is 25.4 Å². The van der Waals surface area contributed by atoms with Gasteiger partial charge in [0.2, 0.25) is 5.91 Å². The highest BCUT2D eigenvalue weighted by Crippen LogP contribution is 2.11. The van der Waals surface area contributed by atoms with Crippen molar-refractivity contribution in [2.75, 3.05) is 18.9 Å². The van der Waals surface area contributed by atoms with E-state index in [2.05, 4.69) is 10.6 Å². The zero-order valence-corrected chi connectivity index (χ0v) is 11.2. The molecule has 5 nitrogen and oxygen atoms in total.